The van der Waals surface area contributed by atoms with Gasteiger partial charge >= 0.3 is 0 Å². The molecule has 1 aromatic carbocycles. The van der Waals surface area contributed by atoms with Gasteiger partial charge in [-0.25, -0.2) is 4.98 Å². The van der Waals surface area contributed by atoms with Crippen molar-refractivity contribution in [2.24, 2.45) is 0 Å². The van der Waals surface area contributed by atoms with E-state index in [1.807, 2.05) is 38.6 Å². The standard InChI is InChI=1S/C28H32N8O/c1-34(2)12-13-37-21-14-20(17-29-18-21)19-4-5-25-22(15-19)27(33-32-25)26-16-23-24(31-26)6-7-30-28(23)36-10-8-35(3)9-11-36/h4-7,14-18,31H,8-13H2,1-3H3,(H,32,33). The molecule has 1 aliphatic heterocycles. The van der Waals surface area contributed by atoms with E-state index >= 15 is 0 Å². The number of nitrogens with zero attached hydrogens (tertiary/aromatic N) is 6. The molecule has 0 radical (unpaired) electrons. The van der Waals surface area contributed by atoms with Gasteiger partial charge in [0.25, 0.3) is 0 Å². The zero-order chi connectivity index (χ0) is 25.4. The lowest BCUT2D eigenvalue weighted by Crippen LogP contribution is -2.44. The lowest BCUT2D eigenvalue weighted by Gasteiger charge is -2.33. The molecule has 1 fully saturated rings. The Morgan fingerprint density at radius 2 is 1.81 bits per heavy atom. The Kier molecular flexibility index (Phi) is 6.23. The average molecular weight is 497 g/mol. The summed E-state index contributed by atoms with van der Waals surface area (Å²) >= 11 is 0. The van der Waals surface area contributed by atoms with E-state index in [-0.39, 0.29) is 0 Å². The summed E-state index contributed by atoms with van der Waals surface area (Å²) in [6.45, 7) is 5.50. The van der Waals surface area contributed by atoms with Gasteiger partial charge in [-0.05, 0) is 57.0 Å². The van der Waals surface area contributed by atoms with Crippen molar-refractivity contribution >= 4 is 27.6 Å². The Morgan fingerprint density at radius 3 is 2.65 bits per heavy atom. The van der Waals surface area contributed by atoms with Crippen LogP contribution in [0.2, 0.25) is 0 Å². The first-order chi connectivity index (χ1) is 18.0. The Labute approximate surface area is 216 Å². The summed E-state index contributed by atoms with van der Waals surface area (Å²) < 4.78 is 5.91. The van der Waals surface area contributed by atoms with E-state index < -0.39 is 0 Å². The van der Waals surface area contributed by atoms with Crippen molar-refractivity contribution in [3.05, 3.63) is 55.0 Å². The predicted octanol–water partition coefficient (Wildman–Crippen LogP) is 3.86. The molecular weight excluding hydrogens is 464 g/mol. The van der Waals surface area contributed by atoms with Crippen LogP contribution < -0.4 is 9.64 Å². The monoisotopic (exact) mass is 496 g/mol. The largest absolute Gasteiger partial charge is 0.491 e. The molecule has 9 heteroatoms. The van der Waals surface area contributed by atoms with Gasteiger partial charge < -0.3 is 24.4 Å². The zero-order valence-electron chi connectivity index (χ0n) is 21.5. The van der Waals surface area contributed by atoms with Crippen LogP contribution in [0.15, 0.2) is 55.0 Å². The molecule has 9 nitrogen and oxygen atoms in total. The number of rotatable bonds is 7. The molecule has 5 heterocycles. The number of anilines is 1. The summed E-state index contributed by atoms with van der Waals surface area (Å²) in [5.41, 5.74) is 6.00. The first-order valence-electron chi connectivity index (χ1n) is 12.7. The van der Waals surface area contributed by atoms with Crippen LogP contribution in [0, 0.1) is 0 Å². The van der Waals surface area contributed by atoms with E-state index in [1.54, 1.807) is 6.20 Å². The number of ether oxygens (including phenoxy) is 1. The van der Waals surface area contributed by atoms with Crippen LogP contribution in [0.25, 0.3) is 44.3 Å². The van der Waals surface area contributed by atoms with E-state index in [0.29, 0.717) is 6.61 Å². The van der Waals surface area contributed by atoms with E-state index in [0.717, 1.165) is 88.6 Å². The number of piperazine rings is 1. The topological polar surface area (TPSA) is 89.2 Å². The van der Waals surface area contributed by atoms with Gasteiger partial charge in [0.1, 0.15) is 23.9 Å². The molecule has 0 saturated carbocycles. The van der Waals surface area contributed by atoms with E-state index in [1.165, 1.54) is 0 Å². The molecule has 5 aromatic rings. The highest BCUT2D eigenvalue weighted by atomic mass is 16.5. The molecule has 2 N–H and O–H groups in total. The third-order valence-corrected chi connectivity index (χ3v) is 7.00. The number of hydrogen-bond acceptors (Lipinski definition) is 7. The molecule has 1 saturated heterocycles. The summed E-state index contributed by atoms with van der Waals surface area (Å²) in [6, 6.07) is 12.6. The maximum atomic E-state index is 5.91. The van der Waals surface area contributed by atoms with Crippen molar-refractivity contribution in [1.82, 2.24) is 34.9 Å². The molecule has 6 rings (SSSR count). The number of H-pyrrole nitrogens is 2. The molecule has 0 atom stereocenters. The summed E-state index contributed by atoms with van der Waals surface area (Å²) in [4.78, 5) is 19.6. The molecule has 0 bridgehead atoms. The summed E-state index contributed by atoms with van der Waals surface area (Å²) in [5.74, 6) is 1.80. The van der Waals surface area contributed by atoms with Crippen LogP contribution in [0.1, 0.15) is 0 Å². The second-order valence-electron chi connectivity index (χ2n) is 9.96. The van der Waals surface area contributed by atoms with Gasteiger partial charge in [0, 0.05) is 61.5 Å². The molecular formula is C28H32N8O. The Morgan fingerprint density at radius 1 is 0.946 bits per heavy atom. The van der Waals surface area contributed by atoms with E-state index in [4.69, 9.17) is 9.72 Å². The van der Waals surface area contributed by atoms with Gasteiger partial charge in [-0.1, -0.05) is 6.07 Å². The minimum atomic E-state index is 0.619. The van der Waals surface area contributed by atoms with Gasteiger partial charge in [-0.3, -0.25) is 10.1 Å². The van der Waals surface area contributed by atoms with E-state index in [2.05, 4.69) is 66.2 Å². The first-order valence-corrected chi connectivity index (χ1v) is 12.7. The number of nitrogens with one attached hydrogen (secondary N) is 2. The number of likely N-dealkylation sites (N-methyl/N-ethyl adjacent to an activating group) is 2. The maximum absolute atomic E-state index is 5.91. The SMILES string of the molecule is CN(C)CCOc1cncc(-c2ccc3[nH]nc(-c4cc5c(N6CCN(C)CC6)nccc5[nH]4)c3c2)c1. The summed E-state index contributed by atoms with van der Waals surface area (Å²) in [5, 5.41) is 10.1. The average Bonchev–Trinajstić information content (AvgIpc) is 3.53. The number of aromatic amines is 2. The molecule has 0 unspecified atom stereocenters. The van der Waals surface area contributed by atoms with Crippen LogP contribution in [-0.2, 0) is 0 Å². The van der Waals surface area contributed by atoms with Crippen LogP contribution in [0.3, 0.4) is 0 Å². The van der Waals surface area contributed by atoms with Gasteiger partial charge in [-0.15, -0.1) is 0 Å². The maximum Gasteiger partial charge on any atom is 0.138 e. The number of pyridine rings is 2. The van der Waals surface area contributed by atoms with Crippen molar-refractivity contribution in [3.8, 4) is 28.3 Å². The number of fused-ring (bicyclic) bond motifs is 2. The lowest BCUT2D eigenvalue weighted by molar-refractivity contribution is 0.261. The molecule has 4 aromatic heterocycles. The fraction of sp³-hybridized carbons (Fsp3) is 0.321. The van der Waals surface area contributed by atoms with Crippen molar-refractivity contribution in [3.63, 3.8) is 0 Å². The minimum absolute atomic E-state index is 0.619. The van der Waals surface area contributed by atoms with Crippen LogP contribution >= 0.6 is 0 Å². The number of aromatic nitrogens is 5. The van der Waals surface area contributed by atoms with E-state index in [9.17, 15) is 0 Å². The number of hydrogen-bond donors (Lipinski definition) is 2. The van der Waals surface area contributed by atoms with Crippen molar-refractivity contribution in [2.75, 3.05) is 65.4 Å². The van der Waals surface area contributed by atoms with Gasteiger partial charge in [0.05, 0.1) is 22.9 Å². The first kappa shape index (κ1) is 23.4. The third kappa shape index (κ3) is 4.75. The summed E-state index contributed by atoms with van der Waals surface area (Å²) in [7, 11) is 6.24. The highest BCUT2D eigenvalue weighted by molar-refractivity contribution is 6.00. The third-order valence-electron chi connectivity index (χ3n) is 7.00. The van der Waals surface area contributed by atoms with Crippen LogP contribution in [0.5, 0.6) is 5.75 Å². The Bertz CT molecular complexity index is 1530. The second-order valence-corrected chi connectivity index (χ2v) is 9.96. The molecule has 37 heavy (non-hydrogen) atoms. The highest BCUT2D eigenvalue weighted by Gasteiger charge is 2.20. The quantitative estimate of drug-likeness (QED) is 0.354. The van der Waals surface area contributed by atoms with Crippen molar-refractivity contribution < 1.29 is 4.74 Å². The van der Waals surface area contributed by atoms with Crippen molar-refractivity contribution in [2.45, 2.75) is 0 Å². The van der Waals surface area contributed by atoms with Crippen molar-refractivity contribution in [1.29, 1.82) is 0 Å². The molecule has 0 spiro atoms. The molecule has 0 aliphatic carbocycles. The molecule has 1 aliphatic rings. The second kappa shape index (κ2) is 9.84. The van der Waals surface area contributed by atoms with Crippen LogP contribution in [0.4, 0.5) is 5.82 Å². The highest BCUT2D eigenvalue weighted by Crippen LogP contribution is 2.34. The lowest BCUT2D eigenvalue weighted by atomic mass is 10.0. The number of benzene rings is 1. The van der Waals surface area contributed by atoms with Crippen LogP contribution in [-0.4, -0.2) is 95.4 Å². The zero-order valence-corrected chi connectivity index (χ0v) is 21.5. The summed E-state index contributed by atoms with van der Waals surface area (Å²) in [6.07, 6.45) is 5.52. The smallest absolute Gasteiger partial charge is 0.138 e. The normalized spacial score (nSPS) is 14.8. The molecule has 190 valence electrons. The predicted molar refractivity (Wildman–Crippen MR) is 148 cm³/mol. The van der Waals surface area contributed by atoms with Gasteiger partial charge in [-0.2, -0.15) is 5.10 Å². The van der Waals surface area contributed by atoms with Gasteiger partial charge in [0.15, 0.2) is 0 Å². The fourth-order valence-electron chi connectivity index (χ4n) is 4.84. The fourth-order valence-corrected chi connectivity index (χ4v) is 4.84. The van der Waals surface area contributed by atoms with Gasteiger partial charge in [0.2, 0.25) is 0 Å². The minimum Gasteiger partial charge on any atom is -0.491 e. The Hall–Kier alpha value is -3.95. The molecule has 0 amide bonds. The Balaban J connectivity index is 1.33.